The number of aryl methyl sites for hydroxylation is 1. The van der Waals surface area contributed by atoms with Crippen LogP contribution in [0.2, 0.25) is 0 Å². The average Bonchev–Trinajstić information content (AvgIpc) is 2.81. The molecule has 18 heavy (non-hydrogen) atoms. The van der Waals surface area contributed by atoms with Crippen molar-refractivity contribution in [3.63, 3.8) is 0 Å². The van der Waals surface area contributed by atoms with Crippen LogP contribution in [0, 0.1) is 0 Å². The number of hydrogen-bond acceptors (Lipinski definition) is 4. The number of halogens is 2. The average molecular weight is 394 g/mol. The first-order chi connectivity index (χ1) is 8.49. The van der Waals surface area contributed by atoms with Crippen LogP contribution in [0.3, 0.4) is 0 Å². The topological polar surface area (TPSA) is 72.9 Å². The van der Waals surface area contributed by atoms with Gasteiger partial charge in [0, 0.05) is 19.2 Å². The third-order valence-corrected chi connectivity index (χ3v) is 4.74. The maximum absolute atomic E-state index is 11.9. The third kappa shape index (κ3) is 2.76. The summed E-state index contributed by atoms with van der Waals surface area (Å²) in [5.74, 6) is 0.410. The van der Waals surface area contributed by atoms with Crippen LogP contribution in [0.15, 0.2) is 19.8 Å². The lowest BCUT2D eigenvalue weighted by molar-refractivity contribution is 0.0951. The lowest BCUT2D eigenvalue weighted by Gasteiger charge is -2.03. The Balaban J connectivity index is 2.05. The molecule has 0 aromatic carbocycles. The number of nitrogens with one attached hydrogen (secondary N) is 1. The summed E-state index contributed by atoms with van der Waals surface area (Å²) in [4.78, 5) is 11.9. The maximum Gasteiger partial charge on any atom is 0.253 e. The summed E-state index contributed by atoms with van der Waals surface area (Å²) in [6.07, 6.45) is 1.65. The molecule has 96 valence electrons. The van der Waals surface area contributed by atoms with E-state index >= 15 is 0 Å². The Morgan fingerprint density at radius 2 is 2.33 bits per heavy atom. The largest absolute Gasteiger partial charge is 0.384 e. The molecule has 0 saturated carbocycles. The molecule has 0 radical (unpaired) electrons. The van der Waals surface area contributed by atoms with Crippen LogP contribution in [-0.4, -0.2) is 15.7 Å². The first kappa shape index (κ1) is 13.6. The first-order valence-electron chi connectivity index (χ1n) is 4.98. The van der Waals surface area contributed by atoms with Crippen molar-refractivity contribution in [3.8, 4) is 0 Å². The Kier molecular flexibility index (Phi) is 4.08. The van der Waals surface area contributed by atoms with Gasteiger partial charge in [-0.15, -0.1) is 11.3 Å². The fourth-order valence-electron chi connectivity index (χ4n) is 1.39. The maximum atomic E-state index is 11.9. The highest BCUT2D eigenvalue weighted by molar-refractivity contribution is 9.12. The second kappa shape index (κ2) is 5.41. The molecule has 0 bridgehead atoms. The first-order valence-corrected chi connectivity index (χ1v) is 7.38. The molecule has 0 spiro atoms. The minimum Gasteiger partial charge on any atom is -0.384 e. The molecule has 2 aromatic heterocycles. The second-order valence-corrected chi connectivity index (χ2v) is 7.35. The minimum absolute atomic E-state index is 0.146. The van der Waals surface area contributed by atoms with E-state index in [1.54, 1.807) is 24.0 Å². The van der Waals surface area contributed by atoms with Crippen molar-refractivity contribution in [2.75, 3.05) is 5.73 Å². The highest BCUT2D eigenvalue weighted by atomic mass is 79.9. The summed E-state index contributed by atoms with van der Waals surface area (Å²) in [6, 6.07) is 1.77. The monoisotopic (exact) mass is 392 g/mol. The normalized spacial score (nSPS) is 10.6. The lowest BCUT2D eigenvalue weighted by Crippen LogP contribution is -2.23. The molecule has 3 N–H and O–H groups in total. The summed E-state index contributed by atoms with van der Waals surface area (Å²) in [6.45, 7) is 0.360. The molecule has 0 aliphatic carbocycles. The Bertz CT molecular complexity index is 593. The molecule has 0 atom stereocenters. The number of carbonyl (C=O) groups excluding carboxylic acids is 1. The highest BCUT2D eigenvalue weighted by Gasteiger charge is 2.14. The van der Waals surface area contributed by atoms with Crippen molar-refractivity contribution >= 4 is 54.9 Å². The van der Waals surface area contributed by atoms with Crippen molar-refractivity contribution in [1.82, 2.24) is 15.1 Å². The van der Waals surface area contributed by atoms with Crippen molar-refractivity contribution in [2.45, 2.75) is 6.54 Å². The summed E-state index contributed by atoms with van der Waals surface area (Å²) in [5.41, 5.74) is 7.20. The number of thiophene rings is 1. The van der Waals surface area contributed by atoms with Gasteiger partial charge in [0.25, 0.3) is 5.91 Å². The number of anilines is 1. The van der Waals surface area contributed by atoms with Crippen LogP contribution < -0.4 is 11.1 Å². The number of nitrogen functional groups attached to an aromatic ring is 1. The fraction of sp³-hybridized carbons (Fsp3) is 0.200. The van der Waals surface area contributed by atoms with E-state index < -0.39 is 0 Å². The van der Waals surface area contributed by atoms with E-state index in [1.807, 2.05) is 0 Å². The van der Waals surface area contributed by atoms with Gasteiger partial charge in [-0.25, -0.2) is 0 Å². The quantitative estimate of drug-likeness (QED) is 0.841. The van der Waals surface area contributed by atoms with Crippen molar-refractivity contribution in [3.05, 3.63) is 31.0 Å². The predicted molar refractivity (Wildman–Crippen MR) is 78.5 cm³/mol. The number of rotatable bonds is 3. The van der Waals surface area contributed by atoms with E-state index in [4.69, 9.17) is 5.73 Å². The molecule has 0 aliphatic heterocycles. The molecular weight excluding hydrogens is 384 g/mol. The predicted octanol–water partition coefficient (Wildman–Crippen LogP) is 2.52. The van der Waals surface area contributed by atoms with Crippen LogP contribution in [0.25, 0.3) is 0 Å². The van der Waals surface area contributed by atoms with Crippen LogP contribution in [-0.2, 0) is 13.6 Å². The molecule has 5 nitrogen and oxygen atoms in total. The molecule has 2 heterocycles. The van der Waals surface area contributed by atoms with Gasteiger partial charge in [0.2, 0.25) is 0 Å². The number of amides is 1. The SMILES string of the molecule is Cn1ncc(CNC(=O)c2cc(Br)sc2Br)c1N. The Labute approximate surface area is 125 Å². The van der Waals surface area contributed by atoms with Crippen molar-refractivity contribution in [2.24, 2.45) is 7.05 Å². The standard InChI is InChI=1S/C10H10Br2N4OS/c1-16-9(13)5(4-15-16)3-14-10(17)6-2-7(11)18-8(6)12/h2,4H,3,13H2,1H3,(H,14,17). The Hall–Kier alpha value is -0.860. The van der Waals surface area contributed by atoms with E-state index in [2.05, 4.69) is 42.3 Å². The van der Waals surface area contributed by atoms with E-state index in [0.717, 1.165) is 13.1 Å². The van der Waals surface area contributed by atoms with Gasteiger partial charge in [0.15, 0.2) is 0 Å². The number of hydrogen-bond donors (Lipinski definition) is 2. The van der Waals surface area contributed by atoms with E-state index in [0.29, 0.717) is 17.9 Å². The number of nitrogens with zero attached hydrogens (tertiary/aromatic N) is 2. The van der Waals surface area contributed by atoms with Gasteiger partial charge in [0.1, 0.15) is 5.82 Å². The van der Waals surface area contributed by atoms with Crippen LogP contribution in [0.1, 0.15) is 15.9 Å². The van der Waals surface area contributed by atoms with Gasteiger partial charge < -0.3 is 11.1 Å². The van der Waals surface area contributed by atoms with E-state index in [1.165, 1.54) is 11.3 Å². The van der Waals surface area contributed by atoms with Gasteiger partial charge in [-0.05, 0) is 37.9 Å². The van der Waals surface area contributed by atoms with Gasteiger partial charge in [-0.2, -0.15) is 5.10 Å². The van der Waals surface area contributed by atoms with Crippen molar-refractivity contribution in [1.29, 1.82) is 0 Å². The zero-order valence-electron chi connectivity index (χ0n) is 9.41. The summed E-state index contributed by atoms with van der Waals surface area (Å²) in [7, 11) is 1.76. The summed E-state index contributed by atoms with van der Waals surface area (Å²) in [5, 5.41) is 6.82. The molecule has 2 aromatic rings. The van der Waals surface area contributed by atoms with Crippen LogP contribution in [0.4, 0.5) is 5.82 Å². The molecule has 1 amide bonds. The third-order valence-electron chi connectivity index (χ3n) is 2.41. The second-order valence-electron chi connectivity index (χ2n) is 3.60. The molecule has 0 aliphatic rings. The smallest absolute Gasteiger partial charge is 0.253 e. The van der Waals surface area contributed by atoms with Crippen molar-refractivity contribution < 1.29 is 4.79 Å². The van der Waals surface area contributed by atoms with Crippen LogP contribution in [0.5, 0.6) is 0 Å². The molecule has 0 fully saturated rings. The van der Waals surface area contributed by atoms with Gasteiger partial charge in [0.05, 0.1) is 19.3 Å². The molecule has 0 unspecified atom stereocenters. The fourth-order valence-corrected chi connectivity index (χ4v) is 4.19. The number of nitrogens with two attached hydrogens (primary N) is 1. The van der Waals surface area contributed by atoms with Gasteiger partial charge in [-0.3, -0.25) is 9.48 Å². The molecule has 8 heteroatoms. The van der Waals surface area contributed by atoms with E-state index in [-0.39, 0.29) is 5.91 Å². The summed E-state index contributed by atoms with van der Waals surface area (Å²) >= 11 is 8.14. The minimum atomic E-state index is -0.146. The molecule has 2 rings (SSSR count). The Morgan fingerprint density at radius 3 is 2.83 bits per heavy atom. The molecule has 0 saturated heterocycles. The van der Waals surface area contributed by atoms with Gasteiger partial charge >= 0.3 is 0 Å². The zero-order valence-corrected chi connectivity index (χ0v) is 13.4. The summed E-state index contributed by atoms with van der Waals surface area (Å²) < 4.78 is 3.27. The van der Waals surface area contributed by atoms with E-state index in [9.17, 15) is 4.79 Å². The lowest BCUT2D eigenvalue weighted by atomic mass is 10.3. The van der Waals surface area contributed by atoms with Crippen LogP contribution >= 0.6 is 43.2 Å². The highest BCUT2D eigenvalue weighted by Crippen LogP contribution is 2.31. The number of aromatic nitrogens is 2. The zero-order chi connectivity index (χ0) is 13.3. The van der Waals surface area contributed by atoms with Gasteiger partial charge in [-0.1, -0.05) is 0 Å². The number of carbonyl (C=O) groups is 1. The Morgan fingerprint density at radius 1 is 1.61 bits per heavy atom. The molecular formula is C10H10Br2N4OS.